The minimum absolute atomic E-state index is 0.149. The lowest BCUT2D eigenvalue weighted by molar-refractivity contribution is -0.122. The zero-order valence-corrected chi connectivity index (χ0v) is 18.1. The van der Waals surface area contributed by atoms with Crippen molar-refractivity contribution in [2.75, 3.05) is 4.90 Å². The number of urea groups is 1. The lowest BCUT2D eigenvalue weighted by atomic mass is 10.0. The maximum absolute atomic E-state index is 13.3. The first kappa shape index (κ1) is 22.0. The molecule has 4 rings (SSSR count). The summed E-state index contributed by atoms with van der Waals surface area (Å²) in [6.45, 7) is 3.89. The molecular weight excluding hydrogens is 423 g/mol. The molecule has 1 fully saturated rings. The van der Waals surface area contributed by atoms with Crippen molar-refractivity contribution in [2.24, 2.45) is 0 Å². The van der Waals surface area contributed by atoms with Gasteiger partial charge >= 0.3 is 6.03 Å². The van der Waals surface area contributed by atoms with Crippen LogP contribution in [-0.2, 0) is 16.2 Å². The van der Waals surface area contributed by atoms with Crippen LogP contribution in [0.15, 0.2) is 72.3 Å². The van der Waals surface area contributed by atoms with E-state index < -0.39 is 17.8 Å². The van der Waals surface area contributed by atoms with Crippen molar-refractivity contribution < 1.29 is 23.5 Å². The van der Waals surface area contributed by atoms with E-state index in [0.29, 0.717) is 22.6 Å². The molecule has 1 aliphatic rings. The largest absolute Gasteiger partial charge is 0.489 e. The molecule has 3 aromatic rings. The van der Waals surface area contributed by atoms with E-state index in [1.165, 1.54) is 18.2 Å². The summed E-state index contributed by atoms with van der Waals surface area (Å²) in [5, 5.41) is 2.23. The maximum atomic E-state index is 13.3. The van der Waals surface area contributed by atoms with Crippen LogP contribution in [0.2, 0.25) is 0 Å². The topological polar surface area (TPSA) is 75.7 Å². The Hall–Kier alpha value is -4.26. The standard InChI is InChI=1S/C26H21FN2O4/c1-16-5-3-8-23(17(16)2)29-25(31)22(24(30)28-26(29)32)14-18-9-11-21(12-10-18)33-15-19-6-4-7-20(27)13-19/h3-14H,15H2,1-2H3,(H,28,30,32)/b22-14+. The van der Waals surface area contributed by atoms with Crippen LogP contribution in [0.1, 0.15) is 22.3 Å². The number of hydrogen-bond acceptors (Lipinski definition) is 4. The second-order valence-electron chi connectivity index (χ2n) is 7.66. The van der Waals surface area contributed by atoms with Crippen molar-refractivity contribution in [3.05, 3.63) is 100 Å². The minimum atomic E-state index is -0.781. The summed E-state index contributed by atoms with van der Waals surface area (Å²) in [4.78, 5) is 38.9. The highest BCUT2D eigenvalue weighted by molar-refractivity contribution is 6.39. The number of imide groups is 2. The van der Waals surface area contributed by atoms with Crippen LogP contribution in [0.3, 0.4) is 0 Å². The number of amides is 4. The Morgan fingerprint density at radius 1 is 0.970 bits per heavy atom. The molecule has 0 atom stereocenters. The Bertz CT molecular complexity index is 1280. The van der Waals surface area contributed by atoms with Gasteiger partial charge in [-0.25, -0.2) is 14.1 Å². The molecule has 6 nitrogen and oxygen atoms in total. The fraction of sp³-hybridized carbons (Fsp3) is 0.115. The van der Waals surface area contributed by atoms with Crippen LogP contribution in [0.5, 0.6) is 5.75 Å². The van der Waals surface area contributed by atoms with Gasteiger partial charge in [0.05, 0.1) is 5.69 Å². The highest BCUT2D eigenvalue weighted by Gasteiger charge is 2.37. The first-order valence-electron chi connectivity index (χ1n) is 10.3. The monoisotopic (exact) mass is 444 g/mol. The number of benzene rings is 3. The predicted molar refractivity (Wildman–Crippen MR) is 122 cm³/mol. The highest BCUT2D eigenvalue weighted by atomic mass is 19.1. The molecule has 3 aromatic carbocycles. The van der Waals surface area contributed by atoms with E-state index in [9.17, 15) is 18.8 Å². The number of halogens is 1. The van der Waals surface area contributed by atoms with Gasteiger partial charge in [-0.1, -0.05) is 36.4 Å². The number of anilines is 1. The Kier molecular flexibility index (Phi) is 6.04. The van der Waals surface area contributed by atoms with Crippen LogP contribution in [0, 0.1) is 19.7 Å². The van der Waals surface area contributed by atoms with Crippen LogP contribution in [0.25, 0.3) is 6.08 Å². The van der Waals surface area contributed by atoms with Crippen molar-refractivity contribution >= 4 is 29.6 Å². The van der Waals surface area contributed by atoms with Gasteiger partial charge < -0.3 is 4.74 Å². The molecule has 0 unspecified atom stereocenters. The van der Waals surface area contributed by atoms with E-state index >= 15 is 0 Å². The summed E-state index contributed by atoms with van der Waals surface area (Å²) in [7, 11) is 0. The van der Waals surface area contributed by atoms with E-state index in [4.69, 9.17) is 4.74 Å². The quantitative estimate of drug-likeness (QED) is 0.458. The third-order valence-corrected chi connectivity index (χ3v) is 5.40. The SMILES string of the molecule is Cc1cccc(N2C(=O)NC(=O)/C(=C\c3ccc(OCc4cccc(F)c4)cc3)C2=O)c1C. The van der Waals surface area contributed by atoms with Crippen LogP contribution in [0.4, 0.5) is 14.9 Å². The van der Waals surface area contributed by atoms with Crippen molar-refractivity contribution in [2.45, 2.75) is 20.5 Å². The van der Waals surface area contributed by atoms with E-state index in [2.05, 4.69) is 5.32 Å². The Morgan fingerprint density at radius 2 is 1.70 bits per heavy atom. The van der Waals surface area contributed by atoms with Crippen LogP contribution < -0.4 is 15.0 Å². The Balaban J connectivity index is 1.54. The van der Waals surface area contributed by atoms with Gasteiger partial charge in [-0.2, -0.15) is 0 Å². The number of rotatable bonds is 5. The molecule has 0 spiro atoms. The summed E-state index contributed by atoms with van der Waals surface area (Å²) in [6, 6.07) is 17.4. The number of ether oxygens (including phenoxy) is 1. The number of carbonyl (C=O) groups is 3. The predicted octanol–water partition coefficient (Wildman–Crippen LogP) is 4.69. The van der Waals surface area contributed by atoms with E-state index in [-0.39, 0.29) is 18.0 Å². The lowest BCUT2D eigenvalue weighted by Gasteiger charge is -2.28. The number of aryl methyl sites for hydroxylation is 1. The van der Waals surface area contributed by atoms with Gasteiger partial charge in [0.2, 0.25) is 0 Å². The molecule has 0 aromatic heterocycles. The van der Waals surface area contributed by atoms with Gasteiger partial charge in [-0.3, -0.25) is 14.9 Å². The first-order chi connectivity index (χ1) is 15.8. The second-order valence-corrected chi connectivity index (χ2v) is 7.66. The summed E-state index contributed by atoms with van der Waals surface area (Å²) in [5.74, 6) is -1.23. The van der Waals surface area contributed by atoms with Gasteiger partial charge in [0.15, 0.2) is 0 Å². The zero-order chi connectivity index (χ0) is 23.5. The van der Waals surface area contributed by atoms with Crippen molar-refractivity contribution in [3.63, 3.8) is 0 Å². The summed E-state index contributed by atoms with van der Waals surface area (Å²) >= 11 is 0. The normalized spacial score (nSPS) is 15.1. The summed E-state index contributed by atoms with van der Waals surface area (Å²) in [6.07, 6.45) is 1.43. The Morgan fingerprint density at radius 3 is 2.42 bits per heavy atom. The lowest BCUT2D eigenvalue weighted by Crippen LogP contribution is -2.54. The van der Waals surface area contributed by atoms with Gasteiger partial charge in [-0.15, -0.1) is 0 Å². The molecule has 7 heteroatoms. The van der Waals surface area contributed by atoms with Crippen molar-refractivity contribution in [1.82, 2.24) is 5.32 Å². The van der Waals surface area contributed by atoms with E-state index in [0.717, 1.165) is 16.0 Å². The van der Waals surface area contributed by atoms with Crippen molar-refractivity contribution in [1.29, 1.82) is 0 Å². The van der Waals surface area contributed by atoms with Gasteiger partial charge in [0.1, 0.15) is 23.7 Å². The molecule has 0 saturated carbocycles. The summed E-state index contributed by atoms with van der Waals surface area (Å²) in [5.41, 5.74) is 3.25. The molecule has 1 N–H and O–H groups in total. The maximum Gasteiger partial charge on any atom is 0.335 e. The van der Waals surface area contributed by atoms with Crippen LogP contribution in [-0.4, -0.2) is 17.8 Å². The number of nitrogens with one attached hydrogen (secondary N) is 1. The average molecular weight is 444 g/mol. The smallest absolute Gasteiger partial charge is 0.335 e. The number of barbiturate groups is 1. The molecule has 0 bridgehead atoms. The molecule has 1 heterocycles. The third-order valence-electron chi connectivity index (χ3n) is 5.40. The molecular formula is C26H21FN2O4. The minimum Gasteiger partial charge on any atom is -0.489 e. The third kappa shape index (κ3) is 4.67. The average Bonchev–Trinajstić information content (AvgIpc) is 2.79. The van der Waals surface area contributed by atoms with Gasteiger partial charge in [-0.05, 0) is 72.5 Å². The number of nitrogens with zero attached hydrogens (tertiary/aromatic N) is 1. The van der Waals surface area contributed by atoms with Crippen LogP contribution >= 0.6 is 0 Å². The second kappa shape index (κ2) is 9.08. The van der Waals surface area contributed by atoms with Crippen molar-refractivity contribution in [3.8, 4) is 5.75 Å². The van der Waals surface area contributed by atoms with Gasteiger partial charge in [0, 0.05) is 0 Å². The first-order valence-corrected chi connectivity index (χ1v) is 10.3. The molecule has 0 aliphatic carbocycles. The zero-order valence-electron chi connectivity index (χ0n) is 18.1. The molecule has 1 saturated heterocycles. The van der Waals surface area contributed by atoms with E-state index in [1.807, 2.05) is 19.9 Å². The summed E-state index contributed by atoms with van der Waals surface area (Å²) < 4.78 is 18.9. The molecule has 0 radical (unpaired) electrons. The van der Waals surface area contributed by atoms with E-state index in [1.54, 1.807) is 48.5 Å². The molecule has 33 heavy (non-hydrogen) atoms. The van der Waals surface area contributed by atoms with Gasteiger partial charge in [0.25, 0.3) is 11.8 Å². The fourth-order valence-electron chi connectivity index (χ4n) is 3.47. The Labute approximate surface area is 190 Å². The fourth-order valence-corrected chi connectivity index (χ4v) is 3.47. The number of hydrogen-bond donors (Lipinski definition) is 1. The molecule has 1 aliphatic heterocycles. The number of carbonyl (C=O) groups excluding carboxylic acids is 3. The highest BCUT2D eigenvalue weighted by Crippen LogP contribution is 2.27. The molecule has 166 valence electrons. The molecule has 4 amide bonds.